The quantitative estimate of drug-likeness (QED) is 0.350. The van der Waals surface area contributed by atoms with Crippen LogP contribution in [0.15, 0.2) is 54.7 Å². The van der Waals surface area contributed by atoms with Gasteiger partial charge in [0.05, 0.1) is 24.2 Å². The van der Waals surface area contributed by atoms with Crippen LogP contribution in [0.1, 0.15) is 17.3 Å². The van der Waals surface area contributed by atoms with Crippen molar-refractivity contribution >= 4 is 40.2 Å². The van der Waals surface area contributed by atoms with Gasteiger partial charge in [0, 0.05) is 68.9 Å². The van der Waals surface area contributed by atoms with E-state index in [4.69, 9.17) is 14.7 Å². The molecular formula is C31H35FN8O3. The van der Waals surface area contributed by atoms with Gasteiger partial charge in [0.15, 0.2) is 5.82 Å². The fourth-order valence-electron chi connectivity index (χ4n) is 5.40. The van der Waals surface area contributed by atoms with Gasteiger partial charge in [-0.25, -0.2) is 19.2 Å². The number of piperazine rings is 1. The van der Waals surface area contributed by atoms with Crippen molar-refractivity contribution in [1.82, 2.24) is 24.3 Å². The lowest BCUT2D eigenvalue weighted by Gasteiger charge is -2.32. The molecule has 2 aromatic carbocycles. The number of fused-ring (bicyclic) bond motifs is 1. The van der Waals surface area contributed by atoms with Crippen LogP contribution in [0.5, 0.6) is 0 Å². The van der Waals surface area contributed by atoms with Gasteiger partial charge in [0.25, 0.3) is 5.91 Å². The molecule has 2 aliphatic rings. The molecule has 0 aliphatic carbocycles. The number of aryl methyl sites for hydroxylation is 1. The molecule has 3 amide bonds. The van der Waals surface area contributed by atoms with Crippen LogP contribution >= 0.6 is 0 Å². The molecule has 11 nitrogen and oxygen atoms in total. The van der Waals surface area contributed by atoms with Crippen LogP contribution in [0, 0.1) is 5.82 Å². The van der Waals surface area contributed by atoms with E-state index in [2.05, 4.69) is 20.4 Å². The summed E-state index contributed by atoms with van der Waals surface area (Å²) in [5.74, 6) is 0.462. The van der Waals surface area contributed by atoms with Gasteiger partial charge in [-0.1, -0.05) is 0 Å². The number of urea groups is 1. The van der Waals surface area contributed by atoms with Gasteiger partial charge in [-0.3, -0.25) is 4.79 Å². The van der Waals surface area contributed by atoms with Crippen molar-refractivity contribution in [3.05, 3.63) is 66.1 Å². The van der Waals surface area contributed by atoms with Gasteiger partial charge >= 0.3 is 6.03 Å². The Labute approximate surface area is 249 Å². The number of benzene rings is 2. The van der Waals surface area contributed by atoms with E-state index in [0.717, 1.165) is 36.5 Å². The highest BCUT2D eigenvalue weighted by molar-refractivity contribution is 6.00. The van der Waals surface area contributed by atoms with Crippen LogP contribution in [0.25, 0.3) is 22.4 Å². The average molecular weight is 587 g/mol. The molecular weight excluding hydrogens is 551 g/mol. The Kier molecular flexibility index (Phi) is 8.21. The van der Waals surface area contributed by atoms with Gasteiger partial charge in [-0.05, 0) is 62.5 Å². The Hall–Kier alpha value is -4.55. The van der Waals surface area contributed by atoms with Crippen molar-refractivity contribution in [1.29, 1.82) is 0 Å². The Morgan fingerprint density at radius 3 is 2.30 bits per heavy atom. The summed E-state index contributed by atoms with van der Waals surface area (Å²) in [6, 6.07) is 12.7. The third-order valence-corrected chi connectivity index (χ3v) is 7.90. The van der Waals surface area contributed by atoms with E-state index in [0.29, 0.717) is 50.6 Å². The number of nitrogens with zero attached hydrogens (tertiary/aromatic N) is 6. The van der Waals surface area contributed by atoms with Crippen LogP contribution in [0.3, 0.4) is 0 Å². The molecule has 43 heavy (non-hydrogen) atoms. The SMILES string of the molecule is CCn1ccc2c(N3CCOCC3)nc(-c3ccc(NC(=O)Nc4ccc(C(=O)N5CCN(C)CC5)cc4)cc3F)nc21. The lowest BCUT2D eigenvalue weighted by atomic mass is 10.1. The number of amides is 3. The number of carbonyl (C=O) groups is 2. The summed E-state index contributed by atoms with van der Waals surface area (Å²) in [5.41, 5.74) is 2.35. The van der Waals surface area contributed by atoms with Gasteiger partial charge in [0.1, 0.15) is 17.3 Å². The number of hydrogen-bond donors (Lipinski definition) is 2. The van der Waals surface area contributed by atoms with E-state index in [9.17, 15) is 9.59 Å². The lowest BCUT2D eigenvalue weighted by molar-refractivity contribution is 0.0664. The molecule has 0 radical (unpaired) electrons. The predicted octanol–water partition coefficient (Wildman–Crippen LogP) is 4.13. The van der Waals surface area contributed by atoms with E-state index in [1.165, 1.54) is 6.07 Å². The molecule has 0 saturated carbocycles. The lowest BCUT2D eigenvalue weighted by Crippen LogP contribution is -2.47. The van der Waals surface area contributed by atoms with Crippen molar-refractivity contribution in [3.8, 4) is 11.4 Å². The van der Waals surface area contributed by atoms with Crippen LogP contribution < -0.4 is 15.5 Å². The first-order valence-corrected chi connectivity index (χ1v) is 14.5. The molecule has 224 valence electrons. The van der Waals surface area contributed by atoms with Gasteiger partial charge < -0.3 is 34.6 Å². The second-order valence-corrected chi connectivity index (χ2v) is 10.8. The monoisotopic (exact) mass is 586 g/mol. The summed E-state index contributed by atoms with van der Waals surface area (Å²) in [6.45, 7) is 8.41. The van der Waals surface area contributed by atoms with Crippen molar-refractivity contribution in [3.63, 3.8) is 0 Å². The van der Waals surface area contributed by atoms with Crippen LogP contribution in [-0.4, -0.2) is 95.8 Å². The molecule has 0 bridgehead atoms. The summed E-state index contributed by atoms with van der Waals surface area (Å²) in [7, 11) is 2.04. The van der Waals surface area contributed by atoms with Crippen molar-refractivity contribution in [2.24, 2.45) is 0 Å². The number of aromatic nitrogens is 3. The highest BCUT2D eigenvalue weighted by atomic mass is 19.1. The standard InChI is InChI=1S/C31H35FN8O3/c1-3-38-11-10-25-28(38)35-27(36-29(25)39-16-18-43-19-17-39)24-9-8-23(20-26(24)32)34-31(42)33-22-6-4-21(5-7-22)30(41)40-14-12-37(2)13-15-40/h4-11,20H,3,12-19H2,1-2H3,(H2,33,34,42). The Bertz CT molecular complexity index is 1630. The molecule has 0 spiro atoms. The van der Waals surface area contributed by atoms with E-state index in [1.54, 1.807) is 36.4 Å². The molecule has 2 N–H and O–H groups in total. The number of likely N-dealkylation sites (N-methyl/N-ethyl adjacent to an activating group) is 1. The third-order valence-electron chi connectivity index (χ3n) is 7.90. The molecule has 4 aromatic rings. The van der Waals surface area contributed by atoms with Crippen LogP contribution in [0.4, 0.5) is 26.4 Å². The van der Waals surface area contributed by atoms with Crippen LogP contribution in [-0.2, 0) is 11.3 Å². The highest BCUT2D eigenvalue weighted by Crippen LogP contribution is 2.31. The first-order chi connectivity index (χ1) is 20.9. The minimum absolute atomic E-state index is 0.0252. The molecule has 2 aliphatic heterocycles. The molecule has 2 aromatic heterocycles. The topological polar surface area (TPSA) is 108 Å². The smallest absolute Gasteiger partial charge is 0.323 e. The maximum absolute atomic E-state index is 15.5. The Morgan fingerprint density at radius 2 is 1.60 bits per heavy atom. The minimum Gasteiger partial charge on any atom is -0.378 e. The molecule has 0 atom stereocenters. The largest absolute Gasteiger partial charge is 0.378 e. The molecule has 2 saturated heterocycles. The number of nitrogens with one attached hydrogen (secondary N) is 2. The van der Waals surface area contributed by atoms with Crippen molar-refractivity contribution in [2.45, 2.75) is 13.5 Å². The van der Waals surface area contributed by atoms with E-state index < -0.39 is 11.8 Å². The number of halogens is 1. The molecule has 0 unspecified atom stereocenters. The van der Waals surface area contributed by atoms with Gasteiger partial charge in [-0.15, -0.1) is 0 Å². The van der Waals surface area contributed by atoms with Crippen molar-refractivity contribution < 1.29 is 18.7 Å². The number of rotatable bonds is 6. The molecule has 12 heteroatoms. The Morgan fingerprint density at radius 1 is 0.907 bits per heavy atom. The third kappa shape index (κ3) is 6.15. The van der Waals surface area contributed by atoms with Gasteiger partial charge in [-0.2, -0.15) is 0 Å². The molecule has 4 heterocycles. The summed E-state index contributed by atoms with van der Waals surface area (Å²) in [6.07, 6.45) is 1.97. The number of anilines is 3. The van der Waals surface area contributed by atoms with Crippen LogP contribution in [0.2, 0.25) is 0 Å². The zero-order chi connectivity index (χ0) is 29.9. The molecule has 6 rings (SSSR count). The number of morpholine rings is 1. The summed E-state index contributed by atoms with van der Waals surface area (Å²) < 4.78 is 23.0. The minimum atomic E-state index is -0.550. The average Bonchev–Trinajstić information content (AvgIpc) is 3.44. The second-order valence-electron chi connectivity index (χ2n) is 10.8. The second kappa shape index (κ2) is 12.4. The highest BCUT2D eigenvalue weighted by Gasteiger charge is 2.22. The molecule has 2 fully saturated rings. The fraction of sp³-hybridized carbons (Fsp3) is 0.355. The first-order valence-electron chi connectivity index (χ1n) is 14.5. The number of ether oxygens (including phenoxy) is 1. The summed E-state index contributed by atoms with van der Waals surface area (Å²) in [4.78, 5) is 41.1. The fourth-order valence-corrected chi connectivity index (χ4v) is 5.40. The Balaban J connectivity index is 1.15. The maximum Gasteiger partial charge on any atom is 0.323 e. The van der Waals surface area contributed by atoms with E-state index in [1.807, 2.05) is 35.7 Å². The zero-order valence-corrected chi connectivity index (χ0v) is 24.3. The summed E-state index contributed by atoms with van der Waals surface area (Å²) in [5, 5.41) is 6.32. The van der Waals surface area contributed by atoms with Crippen molar-refractivity contribution in [2.75, 3.05) is 75.1 Å². The first kappa shape index (κ1) is 28.6. The van der Waals surface area contributed by atoms with E-state index in [-0.39, 0.29) is 23.0 Å². The summed E-state index contributed by atoms with van der Waals surface area (Å²) >= 11 is 0. The number of hydrogen-bond acceptors (Lipinski definition) is 7. The van der Waals surface area contributed by atoms with E-state index >= 15 is 4.39 Å². The number of carbonyl (C=O) groups excluding carboxylic acids is 2. The maximum atomic E-state index is 15.5. The predicted molar refractivity (Wildman–Crippen MR) is 164 cm³/mol. The normalized spacial score (nSPS) is 16.0. The van der Waals surface area contributed by atoms with Gasteiger partial charge in [0.2, 0.25) is 0 Å². The zero-order valence-electron chi connectivity index (χ0n) is 24.3.